The highest BCUT2D eigenvalue weighted by Gasteiger charge is 2.43. The minimum absolute atomic E-state index is 0.0864. The molecule has 0 radical (unpaired) electrons. The van der Waals surface area contributed by atoms with Crippen LogP contribution < -0.4 is 4.57 Å². The molecule has 3 aromatic heterocycles. The Morgan fingerprint density at radius 3 is 2.33 bits per heavy atom. The van der Waals surface area contributed by atoms with Crippen LogP contribution in [0.25, 0.3) is 60.6 Å². The monoisotopic (exact) mass is 463 g/mol. The summed E-state index contributed by atoms with van der Waals surface area (Å²) in [4.78, 5) is 0. The molecular weight excluding hydrogens is 436 g/mol. The molecule has 0 aliphatic heterocycles. The van der Waals surface area contributed by atoms with E-state index in [2.05, 4.69) is 128 Å². The Morgan fingerprint density at radius 1 is 0.694 bits per heavy atom. The van der Waals surface area contributed by atoms with Crippen LogP contribution in [0.4, 0.5) is 0 Å². The van der Waals surface area contributed by atoms with Crippen molar-refractivity contribution in [3.63, 3.8) is 0 Å². The van der Waals surface area contributed by atoms with E-state index < -0.39 is 0 Å². The highest BCUT2D eigenvalue weighted by Crippen LogP contribution is 2.57. The van der Waals surface area contributed by atoms with E-state index in [1.807, 2.05) is 0 Å². The van der Waals surface area contributed by atoms with Gasteiger partial charge < -0.3 is 4.40 Å². The van der Waals surface area contributed by atoms with Crippen molar-refractivity contribution in [1.29, 1.82) is 0 Å². The first-order valence-corrected chi connectivity index (χ1v) is 12.8. The van der Waals surface area contributed by atoms with E-state index in [1.165, 1.54) is 77.3 Å². The van der Waals surface area contributed by atoms with E-state index in [4.69, 9.17) is 0 Å². The molecule has 0 saturated carbocycles. The molecule has 0 saturated heterocycles. The van der Waals surface area contributed by atoms with E-state index in [0.717, 1.165) is 0 Å². The summed E-state index contributed by atoms with van der Waals surface area (Å²) >= 11 is 0. The molecule has 0 spiro atoms. The predicted molar refractivity (Wildman–Crippen MR) is 150 cm³/mol. The summed E-state index contributed by atoms with van der Waals surface area (Å²) in [5.41, 5.74) is 13.4. The third kappa shape index (κ3) is 2.21. The Kier molecular flexibility index (Phi) is 3.64. The molecule has 7 aromatic rings. The lowest BCUT2D eigenvalue weighted by Crippen LogP contribution is -2.32. The van der Waals surface area contributed by atoms with Crippen molar-refractivity contribution >= 4 is 38.1 Å². The largest absolute Gasteiger partial charge is 0.308 e. The topological polar surface area (TPSA) is 8.29 Å². The van der Waals surface area contributed by atoms with Crippen molar-refractivity contribution < 1.29 is 4.57 Å². The fourth-order valence-electron chi connectivity index (χ4n) is 7.10. The first-order chi connectivity index (χ1) is 17.5. The number of benzene rings is 4. The van der Waals surface area contributed by atoms with Crippen LogP contribution in [0, 0.1) is 6.92 Å². The second-order valence-electron chi connectivity index (χ2n) is 10.9. The summed E-state index contributed by atoms with van der Waals surface area (Å²) in [6.45, 7) is 7.07. The van der Waals surface area contributed by atoms with Crippen molar-refractivity contribution in [3.8, 4) is 22.5 Å². The quantitative estimate of drug-likeness (QED) is 0.218. The lowest BCUT2D eigenvalue weighted by Gasteiger charge is -2.22. The van der Waals surface area contributed by atoms with Gasteiger partial charge in [0.15, 0.2) is 0 Å². The molecule has 36 heavy (non-hydrogen) atoms. The number of aryl methyl sites for hydroxylation is 2. The maximum Gasteiger partial charge on any atom is 0.213 e. The van der Waals surface area contributed by atoms with Gasteiger partial charge in [0, 0.05) is 44.7 Å². The first-order valence-electron chi connectivity index (χ1n) is 12.8. The first kappa shape index (κ1) is 20.1. The maximum atomic E-state index is 2.56. The molecule has 0 atom stereocenters. The number of nitrogens with zero attached hydrogens (tertiary/aromatic N) is 2. The minimum Gasteiger partial charge on any atom is -0.308 e. The predicted octanol–water partition coefficient (Wildman–Crippen LogP) is 7.94. The summed E-state index contributed by atoms with van der Waals surface area (Å²) < 4.78 is 4.93. The molecule has 0 unspecified atom stereocenters. The molecular formula is C34H27N2+. The zero-order valence-corrected chi connectivity index (χ0v) is 21.1. The Morgan fingerprint density at radius 2 is 1.44 bits per heavy atom. The molecule has 4 aromatic carbocycles. The summed E-state index contributed by atoms with van der Waals surface area (Å²) in [7, 11) is 2.21. The Labute approximate surface area is 210 Å². The molecule has 0 fully saturated rings. The highest BCUT2D eigenvalue weighted by atomic mass is 15.0. The van der Waals surface area contributed by atoms with E-state index in [-0.39, 0.29) is 5.41 Å². The van der Waals surface area contributed by atoms with Gasteiger partial charge in [-0.2, -0.15) is 4.57 Å². The van der Waals surface area contributed by atoms with Crippen LogP contribution in [-0.4, -0.2) is 4.40 Å². The second-order valence-corrected chi connectivity index (χ2v) is 10.9. The van der Waals surface area contributed by atoms with Crippen molar-refractivity contribution in [2.24, 2.45) is 7.05 Å². The van der Waals surface area contributed by atoms with Gasteiger partial charge in [0.2, 0.25) is 11.2 Å². The summed E-state index contributed by atoms with van der Waals surface area (Å²) in [6.07, 6.45) is 0. The van der Waals surface area contributed by atoms with Crippen molar-refractivity contribution in [2.75, 3.05) is 0 Å². The van der Waals surface area contributed by atoms with Crippen LogP contribution >= 0.6 is 0 Å². The number of aromatic nitrogens is 2. The van der Waals surface area contributed by atoms with Gasteiger partial charge in [0.05, 0.1) is 22.3 Å². The molecule has 2 nitrogen and oxygen atoms in total. The van der Waals surface area contributed by atoms with Gasteiger partial charge in [-0.05, 0) is 41.8 Å². The van der Waals surface area contributed by atoms with Gasteiger partial charge in [-0.1, -0.05) is 74.5 Å². The maximum absolute atomic E-state index is 2.56. The summed E-state index contributed by atoms with van der Waals surface area (Å²) in [5, 5.41) is 5.32. The van der Waals surface area contributed by atoms with Crippen LogP contribution in [0.3, 0.4) is 0 Å². The number of rotatable bonds is 1. The van der Waals surface area contributed by atoms with Crippen molar-refractivity contribution in [1.82, 2.24) is 4.40 Å². The zero-order valence-electron chi connectivity index (χ0n) is 21.1. The van der Waals surface area contributed by atoms with Crippen LogP contribution in [-0.2, 0) is 12.5 Å². The molecule has 2 heteroatoms. The smallest absolute Gasteiger partial charge is 0.213 e. The van der Waals surface area contributed by atoms with Gasteiger partial charge in [0.1, 0.15) is 7.05 Å². The number of hydrogen-bond acceptors (Lipinski definition) is 0. The Hall–Kier alpha value is -4.17. The second kappa shape index (κ2) is 6.53. The molecule has 1 aliphatic carbocycles. The van der Waals surface area contributed by atoms with Crippen molar-refractivity contribution in [2.45, 2.75) is 26.2 Å². The van der Waals surface area contributed by atoms with E-state index in [9.17, 15) is 0 Å². The molecule has 8 rings (SSSR count). The van der Waals surface area contributed by atoms with E-state index >= 15 is 0 Å². The zero-order chi connectivity index (χ0) is 24.3. The van der Waals surface area contributed by atoms with Gasteiger partial charge >= 0.3 is 0 Å². The van der Waals surface area contributed by atoms with Gasteiger partial charge in [-0.15, -0.1) is 0 Å². The molecule has 0 N–H and O–H groups in total. The Bertz CT molecular complexity index is 2040. The van der Waals surface area contributed by atoms with Gasteiger partial charge in [-0.25, -0.2) is 0 Å². The molecule has 0 bridgehead atoms. The third-order valence-corrected chi connectivity index (χ3v) is 8.71. The van der Waals surface area contributed by atoms with Crippen molar-refractivity contribution in [3.05, 3.63) is 108 Å². The molecule has 0 amide bonds. The SMILES string of the molecule is Cc1ccc2c(c1-c1ccc3ccccc3[n+]1C)-c1c(c3cccc4c5ccccc5n1c34)C2(C)C. The normalized spacial score (nSPS) is 14.3. The number of fused-ring (bicyclic) bond motifs is 9. The van der Waals surface area contributed by atoms with Gasteiger partial charge in [-0.3, -0.25) is 0 Å². The fraction of sp³-hybridized carbons (Fsp3) is 0.147. The molecule has 1 aliphatic rings. The Balaban J connectivity index is 1.60. The van der Waals surface area contributed by atoms with Crippen LogP contribution in [0.5, 0.6) is 0 Å². The van der Waals surface area contributed by atoms with Crippen LogP contribution in [0.1, 0.15) is 30.5 Å². The average Bonchev–Trinajstić information content (AvgIpc) is 3.49. The number of hydrogen-bond donors (Lipinski definition) is 0. The van der Waals surface area contributed by atoms with Crippen LogP contribution in [0.15, 0.2) is 91.0 Å². The van der Waals surface area contributed by atoms with Crippen LogP contribution in [0.2, 0.25) is 0 Å². The summed E-state index contributed by atoms with van der Waals surface area (Å²) in [5.74, 6) is 0. The average molecular weight is 464 g/mol. The number of para-hydroxylation sites is 3. The van der Waals surface area contributed by atoms with E-state index in [0.29, 0.717) is 0 Å². The lowest BCUT2D eigenvalue weighted by molar-refractivity contribution is -0.633. The lowest BCUT2D eigenvalue weighted by atomic mass is 9.80. The number of pyridine rings is 1. The highest BCUT2D eigenvalue weighted by molar-refractivity contribution is 6.19. The van der Waals surface area contributed by atoms with E-state index in [1.54, 1.807) is 0 Å². The molecule has 172 valence electrons. The third-order valence-electron chi connectivity index (χ3n) is 8.71. The molecule has 3 heterocycles. The van der Waals surface area contributed by atoms with Gasteiger partial charge in [0.25, 0.3) is 0 Å². The summed E-state index contributed by atoms with van der Waals surface area (Å²) in [6, 6.07) is 33.7. The standard InChI is InChI=1S/C34H27N2/c1-20-16-18-25-30(29(20)28-19-17-21-10-5-7-14-26(21)35(28)4)33-31(34(25,2)3)24-13-9-12-23-22-11-6-8-15-27(22)36(33)32(23)24/h5-19H,1-4H3/q+1. The minimum atomic E-state index is -0.0864. The fourth-order valence-corrected chi connectivity index (χ4v) is 7.10.